The summed E-state index contributed by atoms with van der Waals surface area (Å²) in [6.45, 7) is 0. The number of aromatic hydroxyl groups is 4. The van der Waals surface area contributed by atoms with Crippen molar-refractivity contribution in [1.29, 1.82) is 31.6 Å². The van der Waals surface area contributed by atoms with Gasteiger partial charge in [0.25, 0.3) is 0 Å². The van der Waals surface area contributed by atoms with Crippen molar-refractivity contribution in [3.05, 3.63) is 33.4 Å². The molecule has 0 heterocycles. The summed E-state index contributed by atoms with van der Waals surface area (Å²) in [6.07, 6.45) is 0. The van der Waals surface area contributed by atoms with Crippen LogP contribution in [0.15, 0.2) is 0 Å². The standard InChI is InChI=1S/C18H5N6O8P/c19-1-7-13(25)9(3-21)17(10(4-22)14(7)26)31-33(29,30)32-18-11(5-23)15(27)8(2-20)16(28)12(18)6-24/h25-28H,(H,29,30). The van der Waals surface area contributed by atoms with Crippen LogP contribution in [0.2, 0.25) is 0 Å². The molecule has 0 unspecified atom stereocenters. The highest BCUT2D eigenvalue weighted by Gasteiger charge is 2.36. The topological polar surface area (TPSA) is 279 Å². The van der Waals surface area contributed by atoms with Gasteiger partial charge in [0.2, 0.25) is 0 Å². The van der Waals surface area contributed by atoms with Gasteiger partial charge >= 0.3 is 7.82 Å². The first-order valence-electron chi connectivity index (χ1n) is 7.89. The average molecular weight is 464 g/mol. The van der Waals surface area contributed by atoms with Crippen molar-refractivity contribution in [2.75, 3.05) is 0 Å². The first-order chi connectivity index (χ1) is 15.5. The van der Waals surface area contributed by atoms with Gasteiger partial charge in [-0.05, 0) is 0 Å². The fourth-order valence-corrected chi connectivity index (χ4v) is 3.33. The maximum Gasteiger partial charge on any atom is 0.585 e. The lowest BCUT2D eigenvalue weighted by molar-refractivity contribution is 0.287. The third-order valence-electron chi connectivity index (χ3n) is 3.89. The molecule has 160 valence electrons. The fraction of sp³-hybridized carbons (Fsp3) is 0. The maximum absolute atomic E-state index is 12.6. The fourth-order valence-electron chi connectivity index (χ4n) is 2.46. The molecule has 0 aliphatic rings. The molecule has 0 aromatic heterocycles. The molecule has 2 rings (SSSR count). The van der Waals surface area contributed by atoms with Crippen molar-refractivity contribution >= 4 is 7.82 Å². The number of hydrogen-bond donors (Lipinski definition) is 5. The lowest BCUT2D eigenvalue weighted by Gasteiger charge is -2.19. The van der Waals surface area contributed by atoms with Gasteiger partial charge < -0.3 is 29.5 Å². The van der Waals surface area contributed by atoms with Crippen molar-refractivity contribution in [3.8, 4) is 70.9 Å². The molecular formula is C18H5N6O8P. The SMILES string of the molecule is N#Cc1c(O)c(C#N)c(OP(=O)(O)Oc2c(C#N)c(O)c(C#N)c(O)c2C#N)c(C#N)c1O. The van der Waals surface area contributed by atoms with Gasteiger partial charge in [0.1, 0.15) is 69.8 Å². The zero-order valence-corrected chi connectivity index (χ0v) is 16.5. The molecule has 2 aromatic rings. The molecule has 0 spiro atoms. The second kappa shape index (κ2) is 8.62. The number of nitriles is 6. The molecule has 0 atom stereocenters. The molecule has 0 radical (unpaired) electrons. The van der Waals surface area contributed by atoms with Gasteiger partial charge in [0, 0.05) is 0 Å². The van der Waals surface area contributed by atoms with E-state index in [1.807, 2.05) is 0 Å². The second-order valence-corrected chi connectivity index (χ2v) is 6.93. The first-order valence-corrected chi connectivity index (χ1v) is 9.39. The van der Waals surface area contributed by atoms with Gasteiger partial charge in [0.15, 0.2) is 34.5 Å². The Morgan fingerprint density at radius 3 is 0.909 bits per heavy atom. The summed E-state index contributed by atoms with van der Waals surface area (Å²) >= 11 is 0. The van der Waals surface area contributed by atoms with Crippen LogP contribution < -0.4 is 9.05 Å². The van der Waals surface area contributed by atoms with E-state index in [1.165, 1.54) is 36.4 Å². The maximum atomic E-state index is 12.6. The summed E-state index contributed by atoms with van der Waals surface area (Å²) in [5, 5.41) is 94.7. The van der Waals surface area contributed by atoms with Gasteiger partial charge in [-0.1, -0.05) is 0 Å². The molecule has 0 amide bonds. The molecule has 0 aliphatic carbocycles. The molecule has 0 saturated carbocycles. The van der Waals surface area contributed by atoms with Crippen molar-refractivity contribution in [2.24, 2.45) is 0 Å². The minimum Gasteiger partial charge on any atom is -0.505 e. The lowest BCUT2D eigenvalue weighted by Crippen LogP contribution is -2.06. The number of phenolic OH excluding ortho intramolecular Hbond substituents is 4. The Bertz CT molecular complexity index is 1330. The van der Waals surface area contributed by atoms with Crippen LogP contribution in [0.4, 0.5) is 0 Å². The molecular weight excluding hydrogens is 459 g/mol. The Morgan fingerprint density at radius 2 is 0.727 bits per heavy atom. The van der Waals surface area contributed by atoms with E-state index in [1.54, 1.807) is 0 Å². The Hall–Kier alpha value is -5.63. The Morgan fingerprint density at radius 1 is 0.515 bits per heavy atom. The highest BCUT2D eigenvalue weighted by atomic mass is 31.2. The van der Waals surface area contributed by atoms with Crippen LogP contribution in [0.3, 0.4) is 0 Å². The van der Waals surface area contributed by atoms with Gasteiger partial charge in [-0.2, -0.15) is 31.6 Å². The molecule has 0 bridgehead atoms. The summed E-state index contributed by atoms with van der Waals surface area (Å²) in [5.74, 6) is -7.18. The molecule has 2 aromatic carbocycles. The number of phosphoric acid groups is 1. The van der Waals surface area contributed by atoms with Crippen LogP contribution in [0.5, 0.6) is 34.5 Å². The van der Waals surface area contributed by atoms with E-state index in [0.29, 0.717) is 0 Å². The third-order valence-corrected chi connectivity index (χ3v) is 4.71. The monoisotopic (exact) mass is 464 g/mol. The molecule has 0 saturated heterocycles. The van der Waals surface area contributed by atoms with Crippen LogP contribution in [0.25, 0.3) is 0 Å². The smallest absolute Gasteiger partial charge is 0.505 e. The van der Waals surface area contributed by atoms with Gasteiger partial charge in [-0.25, -0.2) is 4.57 Å². The quantitative estimate of drug-likeness (QED) is 0.399. The molecule has 0 fully saturated rings. The molecule has 15 heteroatoms. The van der Waals surface area contributed by atoms with Crippen LogP contribution in [0, 0.1) is 68.0 Å². The third kappa shape index (κ3) is 3.78. The van der Waals surface area contributed by atoms with Crippen LogP contribution >= 0.6 is 7.82 Å². The van der Waals surface area contributed by atoms with Crippen LogP contribution in [-0.4, -0.2) is 25.3 Å². The van der Waals surface area contributed by atoms with Crippen molar-refractivity contribution in [3.63, 3.8) is 0 Å². The number of benzene rings is 2. The molecule has 33 heavy (non-hydrogen) atoms. The predicted molar refractivity (Wildman–Crippen MR) is 98.9 cm³/mol. The number of rotatable bonds is 4. The first kappa shape index (κ1) is 23.6. The number of phenols is 4. The van der Waals surface area contributed by atoms with E-state index in [0.717, 1.165) is 0 Å². The van der Waals surface area contributed by atoms with E-state index in [2.05, 4.69) is 9.05 Å². The molecule has 0 aliphatic heterocycles. The normalized spacial score (nSPS) is 9.79. The van der Waals surface area contributed by atoms with Gasteiger partial charge in [-0.15, -0.1) is 0 Å². The van der Waals surface area contributed by atoms with Crippen LogP contribution in [0.1, 0.15) is 33.4 Å². The van der Waals surface area contributed by atoms with E-state index < -0.39 is 75.7 Å². The second-order valence-electron chi connectivity index (χ2n) is 5.62. The lowest BCUT2D eigenvalue weighted by atomic mass is 10.0. The minimum absolute atomic E-state index is 0.912. The highest BCUT2D eigenvalue weighted by Crippen LogP contribution is 2.53. The summed E-state index contributed by atoms with van der Waals surface area (Å²) in [5.41, 5.74) is -5.92. The van der Waals surface area contributed by atoms with Crippen molar-refractivity contribution in [2.45, 2.75) is 0 Å². The number of nitrogens with zero attached hydrogens (tertiary/aromatic N) is 6. The largest absolute Gasteiger partial charge is 0.585 e. The summed E-state index contributed by atoms with van der Waals surface area (Å²) in [7, 11) is -5.64. The summed E-state index contributed by atoms with van der Waals surface area (Å²) in [6, 6.07) is 7.88. The van der Waals surface area contributed by atoms with Gasteiger partial charge in [0.05, 0.1) is 0 Å². The highest BCUT2D eigenvalue weighted by molar-refractivity contribution is 7.48. The van der Waals surface area contributed by atoms with E-state index in [4.69, 9.17) is 10.5 Å². The predicted octanol–water partition coefficient (Wildman–Crippen LogP) is 1.30. The molecule has 14 nitrogen and oxygen atoms in total. The number of hydrogen-bond acceptors (Lipinski definition) is 13. The molecule has 5 N–H and O–H groups in total. The zero-order valence-electron chi connectivity index (χ0n) is 15.6. The Labute approximate surface area is 183 Å². The van der Waals surface area contributed by atoms with E-state index >= 15 is 0 Å². The Balaban J connectivity index is 2.77. The zero-order chi connectivity index (χ0) is 25.1. The minimum atomic E-state index is -5.64. The summed E-state index contributed by atoms with van der Waals surface area (Å²) in [4.78, 5) is 10.1. The van der Waals surface area contributed by atoms with E-state index in [-0.39, 0.29) is 0 Å². The van der Waals surface area contributed by atoms with Crippen molar-refractivity contribution in [1.82, 2.24) is 0 Å². The summed E-state index contributed by atoms with van der Waals surface area (Å²) < 4.78 is 21.8. The number of phosphoric ester groups is 1. The van der Waals surface area contributed by atoms with E-state index in [9.17, 15) is 50.9 Å². The average Bonchev–Trinajstić information content (AvgIpc) is 2.75. The van der Waals surface area contributed by atoms with Crippen molar-refractivity contribution < 1.29 is 38.9 Å². The van der Waals surface area contributed by atoms with Crippen LogP contribution in [-0.2, 0) is 4.57 Å². The Kier molecular flexibility index (Phi) is 6.18. The van der Waals surface area contributed by atoms with Gasteiger partial charge in [-0.3, -0.25) is 4.89 Å².